The summed E-state index contributed by atoms with van der Waals surface area (Å²) in [6, 6.07) is 24.1. The topological polar surface area (TPSA) is 197 Å². The summed E-state index contributed by atoms with van der Waals surface area (Å²) in [7, 11) is -0.0613. The molecule has 6 aromatic rings. The van der Waals surface area contributed by atoms with E-state index in [-0.39, 0.29) is 70.9 Å². The van der Waals surface area contributed by atoms with Gasteiger partial charge in [-0.2, -0.15) is 39.5 Å². The van der Waals surface area contributed by atoms with Gasteiger partial charge >= 0.3 is 18.5 Å². The molecule has 9 heterocycles. The van der Waals surface area contributed by atoms with Crippen LogP contribution < -0.4 is 29.6 Å². The second-order valence-electron chi connectivity index (χ2n) is 27.4. The minimum absolute atomic E-state index is 0. The molecule has 3 spiro atoms. The van der Waals surface area contributed by atoms with Crippen molar-refractivity contribution >= 4 is 27.7 Å². The van der Waals surface area contributed by atoms with Crippen molar-refractivity contribution in [3.63, 3.8) is 0 Å². The summed E-state index contributed by atoms with van der Waals surface area (Å²) in [6.45, 7) is 13.8. The minimum atomic E-state index is -4.40. The van der Waals surface area contributed by atoms with E-state index < -0.39 is 62.3 Å². The van der Waals surface area contributed by atoms with Gasteiger partial charge in [-0.05, 0) is 190 Å². The zero-order valence-electron chi connectivity index (χ0n) is 57.0. The van der Waals surface area contributed by atoms with Gasteiger partial charge in [0.15, 0.2) is 11.5 Å². The number of alkyl halides is 9. The van der Waals surface area contributed by atoms with Crippen molar-refractivity contribution in [1.82, 2.24) is 48.7 Å². The Balaban J connectivity index is 0.000000193. The van der Waals surface area contributed by atoms with Crippen molar-refractivity contribution in [2.45, 2.75) is 176 Å². The number of likely N-dealkylation sites (tertiary alicyclic amines) is 3. The highest BCUT2D eigenvalue weighted by atomic mass is 32.2. The average Bonchev–Trinajstić information content (AvgIpc) is 1.66. The Labute approximate surface area is 580 Å². The third kappa shape index (κ3) is 15.0. The molecule has 6 aliphatic heterocycles. The molecule has 4 N–H and O–H groups in total. The lowest BCUT2D eigenvalue weighted by Crippen LogP contribution is -2.57. The van der Waals surface area contributed by atoms with Crippen LogP contribution in [-0.4, -0.2) is 156 Å². The van der Waals surface area contributed by atoms with E-state index in [1.807, 2.05) is 41.7 Å². The van der Waals surface area contributed by atoms with E-state index >= 15 is 0 Å². The van der Waals surface area contributed by atoms with Gasteiger partial charge < -0.3 is 58.4 Å². The summed E-state index contributed by atoms with van der Waals surface area (Å²) in [4.78, 5) is 46.9. The number of nitrogens with zero attached hydrogens (tertiary/aromatic N) is 7. The van der Waals surface area contributed by atoms with Crippen LogP contribution in [0, 0.1) is 0 Å². The third-order valence-electron chi connectivity index (χ3n) is 20.5. The first kappa shape index (κ1) is 73.6. The maximum Gasteiger partial charge on any atom is 0.431 e. The zero-order chi connectivity index (χ0) is 72.1. The number of carbonyl (C=O) groups is 3. The number of methoxy groups -OCH3 is 1. The number of nitrogens with one attached hydrogen (secondary N) is 3. The second-order valence-corrected chi connectivity index (χ2v) is 29.2. The van der Waals surface area contributed by atoms with Gasteiger partial charge in [0, 0.05) is 128 Å². The summed E-state index contributed by atoms with van der Waals surface area (Å²) < 4.78 is 170. The molecule has 0 bridgehead atoms. The number of carbonyl (C=O) groups excluding carboxylic acids is 3. The normalized spacial score (nSPS) is 19.7. The molecular weight excluding hydrogens is 1340 g/mol. The highest BCUT2D eigenvalue weighted by Gasteiger charge is 2.51. The number of fused-ring (bicyclic) bond motifs is 6. The van der Waals surface area contributed by atoms with Gasteiger partial charge in [-0.15, -0.1) is 0 Å². The summed E-state index contributed by atoms with van der Waals surface area (Å²) in [6.07, 6.45) is -7.79. The van der Waals surface area contributed by atoms with Gasteiger partial charge in [-0.1, -0.05) is 6.92 Å². The highest BCUT2D eigenvalue weighted by molar-refractivity contribution is 7.89. The molecule has 3 saturated heterocycles. The molecule has 29 heteroatoms. The molecule has 0 radical (unpaired) electrons. The molecule has 1 unspecified atom stereocenters. The number of aliphatic hydroxyl groups is 1. The number of hydrogen-bond donors (Lipinski definition) is 4. The molecule has 3 aromatic carbocycles. The fourth-order valence-electron chi connectivity index (χ4n) is 15.2. The van der Waals surface area contributed by atoms with E-state index in [9.17, 15) is 67.4 Å². The fourth-order valence-corrected chi connectivity index (χ4v) is 16.5. The van der Waals surface area contributed by atoms with E-state index in [0.717, 1.165) is 25.0 Å². The van der Waals surface area contributed by atoms with E-state index in [0.29, 0.717) is 160 Å². The summed E-state index contributed by atoms with van der Waals surface area (Å²) >= 11 is 0. The molecule has 550 valence electrons. The number of halogens is 9. The van der Waals surface area contributed by atoms with Crippen LogP contribution in [0.15, 0.2) is 102 Å². The maximum absolute atomic E-state index is 13.8. The van der Waals surface area contributed by atoms with Crippen molar-refractivity contribution in [1.29, 1.82) is 0 Å². The van der Waals surface area contributed by atoms with Crippen LogP contribution >= 0.6 is 0 Å². The molecule has 3 aromatic heterocycles. The molecule has 1 aliphatic carbocycles. The number of benzene rings is 3. The number of aromatic nitrogens is 3. The number of amides is 3. The quantitative estimate of drug-likeness (QED) is 0.0800. The first-order valence-corrected chi connectivity index (χ1v) is 35.5. The number of hydrogen-bond acceptors (Lipinski definition) is 12. The van der Waals surface area contributed by atoms with Crippen LogP contribution in [0.1, 0.15) is 174 Å². The van der Waals surface area contributed by atoms with Crippen molar-refractivity contribution in [2.75, 3.05) is 73.1 Å². The number of sulfonamides is 1. The first-order chi connectivity index (χ1) is 47.2. The van der Waals surface area contributed by atoms with E-state index in [4.69, 9.17) is 14.2 Å². The van der Waals surface area contributed by atoms with Crippen molar-refractivity contribution < 1.29 is 85.9 Å². The van der Waals surface area contributed by atoms with Crippen LogP contribution in [-0.2, 0) is 64.9 Å². The molecule has 1 atom stereocenters. The van der Waals surface area contributed by atoms with E-state index in [1.54, 1.807) is 69.3 Å². The number of ether oxygens (including phenoxy) is 3. The lowest BCUT2D eigenvalue weighted by molar-refractivity contribution is -0.146. The molecule has 4 fully saturated rings. The van der Waals surface area contributed by atoms with Crippen LogP contribution in [0.25, 0.3) is 0 Å². The van der Waals surface area contributed by atoms with Crippen LogP contribution in [0.5, 0.6) is 17.2 Å². The minimum Gasteiger partial charge on any atom is -0.493 e. The largest absolute Gasteiger partial charge is 0.493 e. The van der Waals surface area contributed by atoms with Crippen molar-refractivity contribution in [3.05, 3.63) is 153 Å². The van der Waals surface area contributed by atoms with Gasteiger partial charge in [0.2, 0.25) is 10.0 Å². The van der Waals surface area contributed by atoms with Gasteiger partial charge in [-0.3, -0.25) is 19.3 Å². The Morgan fingerprint density at radius 3 is 1.46 bits per heavy atom. The first-order valence-electron chi connectivity index (χ1n) is 34.1. The summed E-state index contributed by atoms with van der Waals surface area (Å²) in [5.74, 6) is 1.12. The standard InChI is InChI=1S/C26H34F3N3O3.C23H28F3N3O3.C22H25F3N4O3S.3H2/c1-6-19-16-30(4)25(22-9-10-23(32(19)22)26(27,28)29)11-13-31(14-12-25)24(33)18-7-8-20(35-17(2)3)21(15-18)34-5;1-15(2)32-18-4-3-16(13-17(18)14-30)21(31)28-10-7-22(8-11-28)19-5-6-20(23(24,25)26)29(19)12-9-27-22;23-22(24,25)19-8-7-18-21(26-11-14-29(18)19)9-12-28(13-10-21)20(30)15-1-5-17(6-2-15)33(31,32)27-16-3-4-16;;;/h7-10,15,17,19H,6,11-14,16H2,1-5H3;3-6,13,15,27,30H,7-12,14H2,1-2H3;1-2,5-8,16,26-27H,3-4,9-14H2;3*1H. The van der Waals surface area contributed by atoms with E-state index in [2.05, 4.69) is 20.3 Å². The Kier molecular flexibility index (Phi) is 21.1. The Morgan fingerprint density at radius 2 is 1.01 bits per heavy atom. The van der Waals surface area contributed by atoms with Gasteiger partial charge in [0.1, 0.15) is 22.8 Å². The SMILES string of the molecule is CC(C)Oc1ccc(C(=O)N2CCC3(CC2)NCCn2c(C(F)(F)F)ccc23)cc1CO.CCC1CN(C)C2(CCN(C(=O)c3ccc(OC(C)C)c(OC)c3)CC2)c2ccc(C(F)(F)F)n21.O=C(c1ccc(S(=O)(=O)NC2CC2)cc1)N1CCC2(CC1)NCCn1c(C(F)(F)F)ccc12.[HH].[HH].[HH]. The van der Waals surface area contributed by atoms with E-state index in [1.165, 1.54) is 51.1 Å². The van der Waals surface area contributed by atoms with Gasteiger partial charge in [0.25, 0.3) is 17.7 Å². The lowest BCUT2D eigenvalue weighted by Gasteiger charge is -2.52. The van der Waals surface area contributed by atoms with Crippen LogP contribution in [0.3, 0.4) is 0 Å². The molecule has 19 nitrogen and oxygen atoms in total. The van der Waals surface area contributed by atoms with Gasteiger partial charge in [0.05, 0.1) is 47.4 Å². The summed E-state index contributed by atoms with van der Waals surface area (Å²) in [5.41, 5.74) is 0.325. The molecule has 7 aliphatic rings. The summed E-state index contributed by atoms with van der Waals surface area (Å²) in [5, 5.41) is 16.5. The van der Waals surface area contributed by atoms with Crippen molar-refractivity contribution in [3.8, 4) is 17.2 Å². The Bertz CT molecular complexity index is 4060. The zero-order valence-corrected chi connectivity index (χ0v) is 57.9. The number of aliphatic hydroxyl groups excluding tert-OH is 1. The predicted molar refractivity (Wildman–Crippen MR) is 360 cm³/mol. The predicted octanol–water partition coefficient (Wildman–Crippen LogP) is 12.3. The number of likely N-dealkylation sites (N-methyl/N-ethyl adjacent to an activating group) is 1. The Morgan fingerprint density at radius 1 is 0.580 bits per heavy atom. The van der Waals surface area contributed by atoms with Crippen LogP contribution in [0.2, 0.25) is 0 Å². The molecule has 1 saturated carbocycles. The number of piperidine rings is 3. The molecule has 100 heavy (non-hydrogen) atoms. The smallest absolute Gasteiger partial charge is 0.431 e. The molecular formula is C71H93F9N10O9S. The monoisotopic (exact) mass is 1430 g/mol. The maximum atomic E-state index is 13.8. The third-order valence-corrected chi connectivity index (χ3v) is 22.0. The second kappa shape index (κ2) is 28.7. The van der Waals surface area contributed by atoms with Crippen LogP contribution in [0.4, 0.5) is 39.5 Å². The highest BCUT2D eigenvalue weighted by Crippen LogP contribution is 2.48. The van der Waals surface area contributed by atoms with Crippen molar-refractivity contribution in [2.24, 2.45) is 0 Å². The lowest BCUT2D eigenvalue weighted by atomic mass is 9.80. The number of rotatable bonds is 13. The Hall–Kier alpha value is -7.57. The average molecular weight is 1430 g/mol. The molecule has 13 rings (SSSR count). The fraction of sp³-hybridized carbons (Fsp3) is 0.535. The van der Waals surface area contributed by atoms with Gasteiger partial charge in [-0.25, -0.2) is 13.1 Å². The molecule has 3 amide bonds.